The highest BCUT2D eigenvalue weighted by Crippen LogP contribution is 2.36. The molecular formula is C18H24N4OS. The largest absolute Gasteiger partial charge is 0.393 e. The monoisotopic (exact) mass is 344 g/mol. The molecule has 6 heteroatoms. The summed E-state index contributed by atoms with van der Waals surface area (Å²) in [6.45, 7) is 3.65. The van der Waals surface area contributed by atoms with E-state index in [2.05, 4.69) is 28.5 Å². The molecule has 2 aliphatic heterocycles. The molecule has 0 aliphatic carbocycles. The Morgan fingerprint density at radius 3 is 2.46 bits per heavy atom. The second kappa shape index (κ2) is 6.43. The lowest BCUT2D eigenvalue weighted by Gasteiger charge is -2.36. The molecule has 0 radical (unpaired) electrons. The van der Waals surface area contributed by atoms with Crippen LogP contribution in [0.25, 0.3) is 11.4 Å². The minimum absolute atomic E-state index is 0.139. The van der Waals surface area contributed by atoms with Crippen LogP contribution in [0.4, 0.5) is 0 Å². The third kappa shape index (κ3) is 2.72. The van der Waals surface area contributed by atoms with Crippen molar-refractivity contribution in [3.05, 3.63) is 35.1 Å². The first-order valence-electron chi connectivity index (χ1n) is 8.84. The predicted octanol–water partition coefficient (Wildman–Crippen LogP) is 3.05. The molecule has 5 nitrogen and oxygen atoms in total. The van der Waals surface area contributed by atoms with Crippen LogP contribution in [-0.4, -0.2) is 42.5 Å². The number of piperidine rings is 1. The molecule has 0 unspecified atom stereocenters. The lowest BCUT2D eigenvalue weighted by molar-refractivity contribution is 0.0152. The van der Waals surface area contributed by atoms with Crippen molar-refractivity contribution in [2.45, 2.75) is 64.0 Å². The molecule has 2 atom stereocenters. The van der Waals surface area contributed by atoms with Gasteiger partial charge in [-0.25, -0.2) is 4.68 Å². The van der Waals surface area contributed by atoms with E-state index in [1.54, 1.807) is 0 Å². The number of nitrogens with zero attached hydrogens (tertiary/aromatic N) is 4. The average molecular weight is 344 g/mol. The molecule has 4 rings (SSSR count). The van der Waals surface area contributed by atoms with Crippen LogP contribution in [0.2, 0.25) is 0 Å². The summed E-state index contributed by atoms with van der Waals surface area (Å²) >= 11 is 5.69. The van der Waals surface area contributed by atoms with E-state index in [9.17, 15) is 5.11 Å². The zero-order valence-corrected chi connectivity index (χ0v) is 14.8. The van der Waals surface area contributed by atoms with Crippen LogP contribution in [0.3, 0.4) is 0 Å². The van der Waals surface area contributed by atoms with E-state index in [4.69, 9.17) is 17.3 Å². The van der Waals surface area contributed by atoms with Crippen molar-refractivity contribution in [3.63, 3.8) is 0 Å². The number of aliphatic hydroxyl groups is 1. The number of aliphatic hydroxyl groups excluding tert-OH is 1. The molecule has 24 heavy (non-hydrogen) atoms. The molecule has 2 aliphatic rings. The van der Waals surface area contributed by atoms with Gasteiger partial charge in [-0.3, -0.25) is 4.90 Å². The van der Waals surface area contributed by atoms with Crippen LogP contribution >= 0.6 is 12.2 Å². The van der Waals surface area contributed by atoms with Crippen LogP contribution in [0.5, 0.6) is 0 Å². The van der Waals surface area contributed by atoms with Crippen LogP contribution in [0, 0.1) is 4.77 Å². The van der Waals surface area contributed by atoms with Crippen molar-refractivity contribution < 1.29 is 5.11 Å². The van der Waals surface area contributed by atoms with Crippen molar-refractivity contribution in [1.82, 2.24) is 19.2 Å². The molecule has 1 aromatic heterocycles. The minimum atomic E-state index is -0.139. The summed E-state index contributed by atoms with van der Waals surface area (Å²) in [4.78, 5) is 2.49. The second-order valence-electron chi connectivity index (χ2n) is 6.88. The van der Waals surface area contributed by atoms with Gasteiger partial charge in [0.25, 0.3) is 0 Å². The first-order valence-corrected chi connectivity index (χ1v) is 9.25. The maximum absolute atomic E-state index is 9.99. The predicted molar refractivity (Wildman–Crippen MR) is 96.1 cm³/mol. The van der Waals surface area contributed by atoms with Gasteiger partial charge in [-0.05, 0) is 44.8 Å². The maximum atomic E-state index is 9.99. The van der Waals surface area contributed by atoms with Gasteiger partial charge in [0.15, 0.2) is 10.6 Å². The SMILES string of the molecule is CCn1c(-c2ccccc2)nn(CN2[C@H]3CC[C@H]2CC(O)C3)c1=S. The van der Waals surface area contributed by atoms with E-state index in [-0.39, 0.29) is 6.10 Å². The Bertz CT molecular complexity index is 755. The second-order valence-corrected chi connectivity index (χ2v) is 7.25. The Morgan fingerprint density at radius 1 is 1.17 bits per heavy atom. The smallest absolute Gasteiger partial charge is 0.199 e. The van der Waals surface area contributed by atoms with E-state index in [0.717, 1.165) is 42.2 Å². The zero-order chi connectivity index (χ0) is 16.7. The van der Waals surface area contributed by atoms with Crippen molar-refractivity contribution in [2.24, 2.45) is 0 Å². The van der Waals surface area contributed by atoms with E-state index >= 15 is 0 Å². The Kier molecular flexibility index (Phi) is 4.28. The van der Waals surface area contributed by atoms with Gasteiger partial charge >= 0.3 is 0 Å². The Hall–Kier alpha value is -1.50. The first kappa shape index (κ1) is 16.0. The summed E-state index contributed by atoms with van der Waals surface area (Å²) in [6.07, 6.45) is 3.97. The lowest BCUT2D eigenvalue weighted by Crippen LogP contribution is -2.45. The number of aromatic nitrogens is 3. The zero-order valence-electron chi connectivity index (χ0n) is 14.0. The van der Waals surface area contributed by atoms with E-state index < -0.39 is 0 Å². The summed E-state index contributed by atoms with van der Waals surface area (Å²) in [5.41, 5.74) is 1.10. The normalized spacial score (nSPS) is 26.8. The van der Waals surface area contributed by atoms with Crippen LogP contribution in [0.15, 0.2) is 30.3 Å². The minimum Gasteiger partial charge on any atom is -0.393 e. The molecule has 0 spiro atoms. The fourth-order valence-electron chi connectivity index (χ4n) is 4.25. The quantitative estimate of drug-likeness (QED) is 0.866. The highest BCUT2D eigenvalue weighted by Gasteiger charge is 2.40. The molecular weight excluding hydrogens is 320 g/mol. The van der Waals surface area contributed by atoms with Gasteiger partial charge in [0, 0.05) is 24.2 Å². The summed E-state index contributed by atoms with van der Waals surface area (Å²) in [7, 11) is 0. The van der Waals surface area contributed by atoms with E-state index in [0.29, 0.717) is 12.1 Å². The van der Waals surface area contributed by atoms with Gasteiger partial charge in [-0.2, -0.15) is 5.10 Å². The fourth-order valence-corrected chi connectivity index (χ4v) is 4.56. The molecule has 128 valence electrons. The maximum Gasteiger partial charge on any atom is 0.199 e. The molecule has 2 aromatic rings. The number of rotatable bonds is 4. The number of fused-ring (bicyclic) bond motifs is 2. The summed E-state index contributed by atoms with van der Waals surface area (Å²) in [5.74, 6) is 0.937. The summed E-state index contributed by atoms with van der Waals surface area (Å²) in [5, 5.41) is 14.8. The summed E-state index contributed by atoms with van der Waals surface area (Å²) in [6, 6.07) is 11.2. The fraction of sp³-hybridized carbons (Fsp3) is 0.556. The van der Waals surface area contributed by atoms with E-state index in [1.165, 1.54) is 12.8 Å². The van der Waals surface area contributed by atoms with Crippen LogP contribution < -0.4 is 0 Å². The van der Waals surface area contributed by atoms with Gasteiger partial charge in [-0.1, -0.05) is 30.3 Å². The van der Waals surface area contributed by atoms with Crippen molar-refractivity contribution in [1.29, 1.82) is 0 Å². The molecule has 2 fully saturated rings. The topological polar surface area (TPSA) is 46.2 Å². The molecule has 2 bridgehead atoms. The summed E-state index contributed by atoms with van der Waals surface area (Å²) < 4.78 is 4.84. The number of hydrogen-bond acceptors (Lipinski definition) is 4. The van der Waals surface area contributed by atoms with Gasteiger partial charge in [0.2, 0.25) is 0 Å². The molecule has 2 saturated heterocycles. The lowest BCUT2D eigenvalue weighted by atomic mass is 10.0. The third-order valence-electron chi connectivity index (χ3n) is 5.43. The van der Waals surface area contributed by atoms with Gasteiger partial charge in [0.05, 0.1) is 12.8 Å². The first-order chi connectivity index (χ1) is 11.7. The third-order valence-corrected chi connectivity index (χ3v) is 5.86. The van der Waals surface area contributed by atoms with Gasteiger partial charge in [-0.15, -0.1) is 0 Å². The highest BCUT2D eigenvalue weighted by molar-refractivity contribution is 7.71. The van der Waals surface area contributed by atoms with Crippen molar-refractivity contribution in [2.75, 3.05) is 0 Å². The Morgan fingerprint density at radius 2 is 1.83 bits per heavy atom. The Labute approximate surface area is 147 Å². The highest BCUT2D eigenvalue weighted by atomic mass is 32.1. The van der Waals surface area contributed by atoms with Crippen LogP contribution in [-0.2, 0) is 13.2 Å². The molecule has 0 saturated carbocycles. The standard InChI is InChI=1S/C18H24N4OS/c1-2-20-17(13-6-4-3-5-7-13)19-22(18(20)24)12-21-14-8-9-15(21)11-16(23)10-14/h3-7,14-16,23H,2,8-12H2,1H3/t14-,15-/m0/s1. The van der Waals surface area contributed by atoms with Crippen molar-refractivity contribution >= 4 is 12.2 Å². The van der Waals surface area contributed by atoms with Crippen molar-refractivity contribution in [3.8, 4) is 11.4 Å². The molecule has 1 N–H and O–H groups in total. The average Bonchev–Trinajstić information content (AvgIpc) is 3.03. The van der Waals surface area contributed by atoms with Gasteiger partial charge < -0.3 is 9.67 Å². The van der Waals surface area contributed by atoms with E-state index in [1.807, 2.05) is 22.9 Å². The number of benzene rings is 1. The van der Waals surface area contributed by atoms with Crippen LogP contribution in [0.1, 0.15) is 32.6 Å². The number of hydrogen-bond donors (Lipinski definition) is 1. The van der Waals surface area contributed by atoms with Gasteiger partial charge in [0.1, 0.15) is 0 Å². The molecule has 0 amide bonds. The molecule has 3 heterocycles. The molecule has 1 aromatic carbocycles. The Balaban J connectivity index is 1.65.